The number of amides is 1. The Morgan fingerprint density at radius 1 is 0.968 bits per heavy atom. The first kappa shape index (κ1) is 27.2. The highest BCUT2D eigenvalue weighted by atomic mass is 28.4. The van der Waals surface area contributed by atoms with Crippen LogP contribution in [0.3, 0.4) is 0 Å². The van der Waals surface area contributed by atoms with Crippen molar-refractivity contribution in [2.75, 3.05) is 26.1 Å². The van der Waals surface area contributed by atoms with Gasteiger partial charge in [-0.05, 0) is 37.3 Å². The van der Waals surface area contributed by atoms with Gasteiger partial charge >= 0.3 is 18.1 Å². The highest BCUT2D eigenvalue weighted by Crippen LogP contribution is 2.35. The lowest BCUT2D eigenvalue weighted by molar-refractivity contribution is -0.186. The number of ether oxygens (including phenoxy) is 1. The van der Waals surface area contributed by atoms with Gasteiger partial charge in [-0.3, -0.25) is 4.79 Å². The molecular formula is C20H33F3N2O4Si2. The minimum Gasteiger partial charge on any atom is -0.467 e. The van der Waals surface area contributed by atoms with Crippen LogP contribution in [0.5, 0.6) is 0 Å². The van der Waals surface area contributed by atoms with Crippen molar-refractivity contribution in [3.05, 3.63) is 29.8 Å². The van der Waals surface area contributed by atoms with Crippen LogP contribution in [0, 0.1) is 0 Å². The van der Waals surface area contributed by atoms with Gasteiger partial charge in [0.2, 0.25) is 0 Å². The van der Waals surface area contributed by atoms with Crippen LogP contribution in [-0.2, 0) is 18.8 Å². The zero-order valence-corrected chi connectivity index (χ0v) is 21.6. The normalized spacial score (nSPS) is 14.6. The minimum absolute atomic E-state index is 0.502. The lowest BCUT2D eigenvalue weighted by Crippen LogP contribution is -2.63. The van der Waals surface area contributed by atoms with Crippen LogP contribution in [0.2, 0.25) is 39.3 Å². The summed E-state index contributed by atoms with van der Waals surface area (Å²) in [6, 6.07) is 5.42. The predicted molar refractivity (Wildman–Crippen MR) is 120 cm³/mol. The molecule has 31 heavy (non-hydrogen) atoms. The third-order valence-corrected chi connectivity index (χ3v) is 7.30. The maximum atomic E-state index is 13.5. The number of esters is 1. The van der Waals surface area contributed by atoms with Crippen LogP contribution < -0.4 is 4.90 Å². The van der Waals surface area contributed by atoms with E-state index in [2.05, 4.69) is 0 Å². The summed E-state index contributed by atoms with van der Waals surface area (Å²) in [6.45, 7) is 10.3. The van der Waals surface area contributed by atoms with Gasteiger partial charge in [-0.1, -0.05) is 31.8 Å². The lowest BCUT2D eigenvalue weighted by Gasteiger charge is -2.44. The molecule has 0 aromatic heterocycles. The maximum absolute atomic E-state index is 13.5. The summed E-state index contributed by atoms with van der Waals surface area (Å²) < 4.78 is 52.4. The Morgan fingerprint density at radius 2 is 1.45 bits per heavy atom. The number of rotatable bonds is 8. The fourth-order valence-corrected chi connectivity index (χ4v) is 5.97. The number of hydrogen-bond donors (Lipinski definition) is 0. The van der Waals surface area contributed by atoms with E-state index < -0.39 is 46.8 Å². The van der Waals surface area contributed by atoms with E-state index in [0.29, 0.717) is 10.1 Å². The number of alkyl halides is 3. The molecule has 11 heteroatoms. The molecule has 0 saturated carbocycles. The minimum atomic E-state index is -5.13. The van der Waals surface area contributed by atoms with E-state index in [4.69, 9.17) is 9.16 Å². The van der Waals surface area contributed by atoms with E-state index in [1.807, 2.05) is 38.6 Å². The number of hydrogen-bond acceptors (Lipinski definition) is 5. The van der Waals surface area contributed by atoms with Crippen LogP contribution in [0.1, 0.15) is 11.7 Å². The number of methoxy groups -OCH3 is 1. The second-order valence-corrected chi connectivity index (χ2v) is 18.7. The third-order valence-electron chi connectivity index (χ3n) is 4.41. The van der Waals surface area contributed by atoms with E-state index in [1.54, 1.807) is 43.9 Å². The molecule has 1 aromatic rings. The van der Waals surface area contributed by atoms with Crippen molar-refractivity contribution < 1.29 is 31.9 Å². The molecule has 0 fully saturated rings. The van der Waals surface area contributed by atoms with Crippen molar-refractivity contribution in [3.8, 4) is 0 Å². The first-order chi connectivity index (χ1) is 13.9. The van der Waals surface area contributed by atoms with Gasteiger partial charge in [-0.2, -0.15) is 13.2 Å². The number of halogens is 3. The maximum Gasteiger partial charge on any atom is 0.470 e. The standard InChI is InChI=1S/C20H33F3N2O4Si2/c1-24(2)15-12-10-14(11-13-15)17(29-31(7,8)9)16(18(26)28-3)25(30(4,5)6)19(27)20(21,22)23/h10-13,16-17H,1-9H3. The van der Waals surface area contributed by atoms with Gasteiger partial charge < -0.3 is 18.6 Å². The van der Waals surface area contributed by atoms with Crippen LogP contribution in [0.15, 0.2) is 24.3 Å². The van der Waals surface area contributed by atoms with Crippen molar-refractivity contribution >= 4 is 34.1 Å². The van der Waals surface area contributed by atoms with Gasteiger partial charge in [0.05, 0.1) is 7.11 Å². The molecule has 0 saturated heterocycles. The highest BCUT2D eigenvalue weighted by molar-refractivity contribution is 6.75. The Kier molecular flexibility index (Phi) is 8.54. The van der Waals surface area contributed by atoms with Gasteiger partial charge in [0.25, 0.3) is 0 Å². The highest BCUT2D eigenvalue weighted by Gasteiger charge is 2.53. The van der Waals surface area contributed by atoms with E-state index >= 15 is 0 Å². The van der Waals surface area contributed by atoms with Crippen LogP contribution in [0.25, 0.3) is 0 Å². The second-order valence-electron chi connectivity index (χ2n) is 9.45. The quantitative estimate of drug-likeness (QED) is 0.409. The third kappa shape index (κ3) is 7.35. The summed E-state index contributed by atoms with van der Waals surface area (Å²) in [4.78, 5) is 27.2. The molecular weight excluding hydrogens is 445 g/mol. The topological polar surface area (TPSA) is 59.1 Å². The molecule has 0 spiro atoms. The van der Waals surface area contributed by atoms with Gasteiger partial charge in [0.15, 0.2) is 22.6 Å². The summed E-state index contributed by atoms with van der Waals surface area (Å²) >= 11 is 0. The molecule has 1 rings (SSSR count). The van der Waals surface area contributed by atoms with Gasteiger partial charge in [0.1, 0.15) is 6.10 Å². The van der Waals surface area contributed by atoms with E-state index in [9.17, 15) is 22.8 Å². The van der Waals surface area contributed by atoms with Crippen molar-refractivity contribution in [1.82, 2.24) is 4.57 Å². The average molecular weight is 479 g/mol. The lowest BCUT2D eigenvalue weighted by atomic mass is 10.0. The Bertz CT molecular complexity index is 773. The molecule has 1 aromatic carbocycles. The Hall–Kier alpha value is -1.86. The van der Waals surface area contributed by atoms with Gasteiger partial charge in [-0.25, -0.2) is 4.79 Å². The fourth-order valence-electron chi connectivity index (χ4n) is 3.13. The zero-order valence-electron chi connectivity index (χ0n) is 19.6. The molecule has 0 aliphatic carbocycles. The van der Waals surface area contributed by atoms with Gasteiger partial charge in [-0.15, -0.1) is 0 Å². The first-order valence-electron chi connectivity index (χ1n) is 9.83. The fraction of sp³-hybridized carbons (Fsp3) is 0.600. The van der Waals surface area contributed by atoms with Crippen LogP contribution in [-0.4, -0.2) is 66.4 Å². The SMILES string of the molecule is COC(=O)C(C(O[Si](C)(C)C)c1ccc(N(C)C)cc1)N(C(=O)C(F)(F)F)[Si](C)(C)C. The molecule has 0 N–H and O–H groups in total. The summed E-state index contributed by atoms with van der Waals surface area (Å²) in [5, 5.41) is 0. The van der Waals surface area contributed by atoms with Crippen molar-refractivity contribution in [1.29, 1.82) is 0 Å². The Morgan fingerprint density at radius 3 is 1.77 bits per heavy atom. The Balaban J connectivity index is 3.74. The summed E-state index contributed by atoms with van der Waals surface area (Å²) in [7, 11) is -0.568. The predicted octanol–water partition coefficient (Wildman–Crippen LogP) is 4.41. The molecule has 1 amide bonds. The zero-order chi connectivity index (χ0) is 24.4. The molecule has 176 valence electrons. The number of nitrogens with zero attached hydrogens (tertiary/aromatic N) is 2. The summed E-state index contributed by atoms with van der Waals surface area (Å²) in [5.41, 5.74) is 1.38. The van der Waals surface area contributed by atoms with Gasteiger partial charge in [0, 0.05) is 19.8 Å². The van der Waals surface area contributed by atoms with E-state index in [1.165, 1.54) is 0 Å². The number of anilines is 1. The molecule has 0 bridgehead atoms. The van der Waals surface area contributed by atoms with Crippen molar-refractivity contribution in [2.45, 2.75) is 57.6 Å². The molecule has 6 nitrogen and oxygen atoms in total. The molecule has 2 atom stereocenters. The van der Waals surface area contributed by atoms with Crippen molar-refractivity contribution in [3.63, 3.8) is 0 Å². The molecule has 0 heterocycles. The van der Waals surface area contributed by atoms with Crippen LogP contribution >= 0.6 is 0 Å². The van der Waals surface area contributed by atoms with E-state index in [-0.39, 0.29) is 0 Å². The largest absolute Gasteiger partial charge is 0.470 e. The monoisotopic (exact) mass is 478 g/mol. The molecule has 0 radical (unpaired) electrons. The molecule has 0 aliphatic rings. The number of benzene rings is 1. The molecule has 0 aliphatic heterocycles. The summed E-state index contributed by atoms with van der Waals surface area (Å²) in [5.74, 6) is -3.00. The van der Waals surface area contributed by atoms with Crippen LogP contribution in [0.4, 0.5) is 18.9 Å². The van der Waals surface area contributed by atoms with Crippen molar-refractivity contribution in [2.24, 2.45) is 0 Å². The van der Waals surface area contributed by atoms with E-state index in [0.717, 1.165) is 12.8 Å². The summed E-state index contributed by atoms with van der Waals surface area (Å²) in [6.07, 6.45) is -6.24. The Labute approximate surface area is 184 Å². The average Bonchev–Trinajstić information content (AvgIpc) is 2.60. The molecule has 2 unspecified atom stereocenters. The number of carbonyl (C=O) groups is 2. The number of carbonyl (C=O) groups excluding carboxylic acids is 2. The smallest absolute Gasteiger partial charge is 0.467 e. The first-order valence-corrected chi connectivity index (χ1v) is 16.7. The second kappa shape index (κ2) is 9.74.